The molecule has 0 unspecified atom stereocenters. The second kappa shape index (κ2) is 6.15. The minimum absolute atomic E-state index is 0.000307. The summed E-state index contributed by atoms with van der Waals surface area (Å²) in [6, 6.07) is 10.6. The van der Waals surface area contributed by atoms with Crippen LogP contribution in [0, 0.1) is 0 Å². The van der Waals surface area contributed by atoms with E-state index in [9.17, 15) is 4.79 Å². The first-order valence-corrected chi connectivity index (χ1v) is 8.82. The molecule has 7 nitrogen and oxygen atoms in total. The number of aromatic amines is 1. The highest BCUT2D eigenvalue weighted by molar-refractivity contribution is 5.78. The molecule has 1 saturated heterocycles. The molecule has 132 valence electrons. The molecule has 1 spiro atoms. The first kappa shape index (κ1) is 16.1. The van der Waals surface area contributed by atoms with Crippen LogP contribution in [0.25, 0.3) is 0 Å². The maximum Gasteiger partial charge on any atom is 0.318 e. The van der Waals surface area contributed by atoms with Gasteiger partial charge in [-0.25, -0.2) is 4.79 Å². The molecule has 1 aromatic heterocycles. The van der Waals surface area contributed by atoms with Crippen LogP contribution in [0.4, 0.5) is 4.79 Å². The lowest BCUT2D eigenvalue weighted by Crippen LogP contribution is -2.53. The van der Waals surface area contributed by atoms with Crippen molar-refractivity contribution in [2.75, 3.05) is 13.6 Å². The van der Waals surface area contributed by atoms with Crippen LogP contribution in [0.5, 0.6) is 0 Å². The highest BCUT2D eigenvalue weighted by Crippen LogP contribution is 2.43. The summed E-state index contributed by atoms with van der Waals surface area (Å²) in [7, 11) is 2.04. The van der Waals surface area contributed by atoms with E-state index in [-0.39, 0.29) is 17.1 Å². The molecular weight excluding hydrogens is 316 g/mol. The third-order valence-corrected chi connectivity index (χ3v) is 5.84. The molecule has 4 rings (SSSR count). The lowest BCUT2D eigenvalue weighted by atomic mass is 9.69. The lowest BCUT2D eigenvalue weighted by molar-refractivity contribution is 0.157. The van der Waals surface area contributed by atoms with Crippen molar-refractivity contribution in [2.45, 2.75) is 43.3 Å². The Bertz CT molecular complexity index is 721. The Kier molecular flexibility index (Phi) is 3.95. The van der Waals surface area contributed by atoms with Gasteiger partial charge in [0.15, 0.2) is 0 Å². The van der Waals surface area contributed by atoms with Crippen LogP contribution in [0.3, 0.4) is 0 Å². The Morgan fingerprint density at radius 3 is 2.60 bits per heavy atom. The summed E-state index contributed by atoms with van der Waals surface area (Å²) in [6.07, 6.45) is 5.67. The minimum Gasteiger partial charge on any atom is -0.331 e. The van der Waals surface area contributed by atoms with Crippen LogP contribution < -0.4 is 10.6 Å². The highest BCUT2D eigenvalue weighted by Gasteiger charge is 2.48. The van der Waals surface area contributed by atoms with Crippen molar-refractivity contribution in [3.63, 3.8) is 0 Å². The zero-order valence-corrected chi connectivity index (χ0v) is 14.5. The van der Waals surface area contributed by atoms with Gasteiger partial charge in [-0.3, -0.25) is 5.10 Å². The smallest absolute Gasteiger partial charge is 0.318 e. The van der Waals surface area contributed by atoms with Gasteiger partial charge in [0.05, 0.1) is 12.1 Å². The zero-order valence-electron chi connectivity index (χ0n) is 14.5. The number of carbonyl (C=O) groups is 1. The van der Waals surface area contributed by atoms with E-state index in [0.717, 1.165) is 37.9 Å². The number of amides is 2. The monoisotopic (exact) mass is 340 g/mol. The van der Waals surface area contributed by atoms with E-state index in [1.165, 1.54) is 5.56 Å². The number of aromatic nitrogens is 3. The number of urea groups is 1. The Morgan fingerprint density at radius 2 is 1.96 bits per heavy atom. The third kappa shape index (κ3) is 2.89. The minimum atomic E-state index is -0.129. The molecule has 2 aliphatic rings. The maximum absolute atomic E-state index is 12.4. The van der Waals surface area contributed by atoms with Gasteiger partial charge in [-0.1, -0.05) is 35.5 Å². The Hall–Kier alpha value is -2.41. The summed E-state index contributed by atoms with van der Waals surface area (Å²) >= 11 is 0. The van der Waals surface area contributed by atoms with E-state index >= 15 is 0 Å². The summed E-state index contributed by atoms with van der Waals surface area (Å²) in [5.74, 6) is 0. The van der Waals surface area contributed by atoms with Crippen molar-refractivity contribution in [1.82, 2.24) is 30.9 Å². The van der Waals surface area contributed by atoms with Gasteiger partial charge in [0, 0.05) is 18.3 Å². The third-order valence-electron chi connectivity index (χ3n) is 5.84. The molecule has 0 radical (unpaired) electrons. The van der Waals surface area contributed by atoms with Gasteiger partial charge in [0.2, 0.25) is 0 Å². The zero-order chi connectivity index (χ0) is 17.3. The average Bonchev–Trinajstić information content (AvgIpc) is 3.26. The normalized spacial score (nSPS) is 29.2. The van der Waals surface area contributed by atoms with Crippen LogP contribution in [-0.4, -0.2) is 45.5 Å². The topological polar surface area (TPSA) is 85.9 Å². The SMILES string of the molecule is CN[C@]1(c2ccccc2)CC[C@@]2(CC1)CN(Cc1c[nH]nn1)C(=O)N2. The molecular formula is C18H24N6O. The standard InChI is InChI=1S/C18H24N6O/c1-19-18(14-5-3-2-4-6-14)9-7-17(8-10-18)13-24(16(25)21-17)12-15-11-20-23-22-15/h2-6,11,19H,7-10,12-13H2,1H3,(H,21,25)(H,20,22,23)/t17-,18-. The van der Waals surface area contributed by atoms with Crippen molar-refractivity contribution in [3.05, 3.63) is 47.8 Å². The fraction of sp³-hybridized carbons (Fsp3) is 0.500. The molecule has 2 aromatic rings. The molecule has 25 heavy (non-hydrogen) atoms. The van der Waals surface area contributed by atoms with Crippen LogP contribution in [0.1, 0.15) is 36.9 Å². The second-order valence-electron chi connectivity index (χ2n) is 7.23. The fourth-order valence-electron chi connectivity index (χ4n) is 4.29. The molecule has 0 bridgehead atoms. The highest BCUT2D eigenvalue weighted by atomic mass is 16.2. The molecule has 0 atom stereocenters. The summed E-state index contributed by atoms with van der Waals surface area (Å²) in [6.45, 7) is 1.23. The number of rotatable bonds is 4. The first-order valence-electron chi connectivity index (χ1n) is 8.82. The second-order valence-corrected chi connectivity index (χ2v) is 7.23. The number of nitrogens with one attached hydrogen (secondary N) is 3. The van der Waals surface area contributed by atoms with E-state index in [2.05, 4.69) is 56.4 Å². The summed E-state index contributed by atoms with van der Waals surface area (Å²) in [4.78, 5) is 14.3. The number of H-pyrrole nitrogens is 1. The van der Waals surface area contributed by atoms with E-state index in [0.29, 0.717) is 6.54 Å². The average molecular weight is 340 g/mol. The van der Waals surface area contributed by atoms with Crippen molar-refractivity contribution in [1.29, 1.82) is 0 Å². The molecule has 3 N–H and O–H groups in total. The molecule has 1 aliphatic heterocycles. The van der Waals surface area contributed by atoms with Gasteiger partial charge < -0.3 is 15.5 Å². The van der Waals surface area contributed by atoms with Crippen LogP contribution in [-0.2, 0) is 12.1 Å². The fourth-order valence-corrected chi connectivity index (χ4v) is 4.29. The molecule has 1 aliphatic carbocycles. The number of carbonyl (C=O) groups excluding carboxylic acids is 1. The van der Waals surface area contributed by atoms with Gasteiger partial charge in [0.25, 0.3) is 0 Å². The molecule has 2 amide bonds. The molecule has 2 fully saturated rings. The van der Waals surface area contributed by atoms with Crippen molar-refractivity contribution >= 4 is 6.03 Å². The van der Waals surface area contributed by atoms with Crippen molar-refractivity contribution in [3.8, 4) is 0 Å². The summed E-state index contributed by atoms with van der Waals surface area (Å²) in [5, 5.41) is 17.2. The predicted octanol–water partition coefficient (Wildman–Crippen LogP) is 1.76. The van der Waals surface area contributed by atoms with E-state index < -0.39 is 0 Å². The van der Waals surface area contributed by atoms with Crippen LogP contribution in [0.2, 0.25) is 0 Å². The van der Waals surface area contributed by atoms with Gasteiger partial charge in [-0.2, -0.15) is 0 Å². The quantitative estimate of drug-likeness (QED) is 0.792. The Balaban J connectivity index is 1.47. The molecule has 7 heteroatoms. The van der Waals surface area contributed by atoms with Gasteiger partial charge >= 0.3 is 6.03 Å². The van der Waals surface area contributed by atoms with Gasteiger partial charge in [0.1, 0.15) is 5.69 Å². The molecule has 1 saturated carbocycles. The summed E-state index contributed by atoms with van der Waals surface area (Å²) < 4.78 is 0. The van der Waals surface area contributed by atoms with Gasteiger partial charge in [-0.15, -0.1) is 5.10 Å². The lowest BCUT2D eigenvalue weighted by Gasteiger charge is -2.45. The predicted molar refractivity (Wildman–Crippen MR) is 93.7 cm³/mol. The van der Waals surface area contributed by atoms with E-state index in [1.54, 1.807) is 6.20 Å². The maximum atomic E-state index is 12.4. The molecule has 2 heterocycles. The number of benzene rings is 1. The number of nitrogens with zero attached hydrogens (tertiary/aromatic N) is 3. The van der Waals surface area contributed by atoms with Crippen LogP contribution in [0.15, 0.2) is 36.5 Å². The van der Waals surface area contributed by atoms with Crippen molar-refractivity contribution < 1.29 is 4.79 Å². The van der Waals surface area contributed by atoms with Gasteiger partial charge in [-0.05, 0) is 38.3 Å². The van der Waals surface area contributed by atoms with E-state index in [1.807, 2.05) is 11.9 Å². The Morgan fingerprint density at radius 1 is 1.20 bits per heavy atom. The van der Waals surface area contributed by atoms with Crippen LogP contribution >= 0.6 is 0 Å². The van der Waals surface area contributed by atoms with E-state index in [4.69, 9.17) is 0 Å². The number of hydrogen-bond donors (Lipinski definition) is 3. The Labute approximate surface area is 147 Å². The first-order chi connectivity index (χ1) is 12.1. The largest absolute Gasteiger partial charge is 0.331 e. The van der Waals surface area contributed by atoms with Crippen molar-refractivity contribution in [2.24, 2.45) is 0 Å². The summed E-state index contributed by atoms with van der Waals surface area (Å²) in [5.41, 5.74) is 1.99. The molecule has 1 aromatic carbocycles. The number of hydrogen-bond acceptors (Lipinski definition) is 4.